The summed E-state index contributed by atoms with van der Waals surface area (Å²) in [4.78, 5) is 0. The van der Waals surface area contributed by atoms with Gasteiger partial charge in [-0.3, -0.25) is 0 Å². The molecule has 0 aliphatic carbocycles. The molecule has 0 saturated carbocycles. The second-order valence-electron chi connectivity index (χ2n) is 4.42. The molecule has 3 nitrogen and oxygen atoms in total. The first kappa shape index (κ1) is 12.2. The predicted octanol–water partition coefficient (Wildman–Crippen LogP) is 3.89. The van der Waals surface area contributed by atoms with Crippen molar-refractivity contribution in [1.82, 2.24) is 0 Å². The largest absolute Gasteiger partial charge is 0.497 e. The number of rotatable bonds is 2. The minimum Gasteiger partial charge on any atom is -0.497 e. The maximum Gasteiger partial charge on any atom is 0.144 e. The normalized spacial score (nSPS) is 17.1. The molecule has 1 atom stereocenters. The van der Waals surface area contributed by atoms with Gasteiger partial charge in [0.1, 0.15) is 18.1 Å². The molecule has 0 amide bonds. The number of methoxy groups -OCH3 is 1. The first-order chi connectivity index (χ1) is 9.26. The smallest absolute Gasteiger partial charge is 0.144 e. The third-order valence-electron chi connectivity index (χ3n) is 3.20. The maximum atomic E-state index is 5.94. The Bertz CT molecular complexity index is 583. The van der Waals surface area contributed by atoms with Gasteiger partial charge >= 0.3 is 0 Å². The van der Waals surface area contributed by atoms with Crippen molar-refractivity contribution in [3.63, 3.8) is 0 Å². The summed E-state index contributed by atoms with van der Waals surface area (Å²) >= 11 is 5.94. The Kier molecular flexibility index (Phi) is 3.22. The van der Waals surface area contributed by atoms with Crippen molar-refractivity contribution in [2.45, 2.75) is 6.04 Å². The fourth-order valence-electron chi connectivity index (χ4n) is 2.15. The van der Waals surface area contributed by atoms with Gasteiger partial charge in [0.05, 0.1) is 18.8 Å². The molecule has 1 aliphatic heterocycles. The van der Waals surface area contributed by atoms with Gasteiger partial charge in [-0.15, -0.1) is 0 Å². The van der Waals surface area contributed by atoms with Gasteiger partial charge in [-0.25, -0.2) is 0 Å². The quantitative estimate of drug-likeness (QED) is 0.902. The number of halogens is 1. The van der Waals surface area contributed by atoms with Crippen LogP contribution >= 0.6 is 11.6 Å². The first-order valence-corrected chi connectivity index (χ1v) is 6.47. The maximum absolute atomic E-state index is 5.94. The Labute approximate surface area is 117 Å². The average Bonchev–Trinajstić information content (AvgIpc) is 2.47. The topological polar surface area (TPSA) is 30.5 Å². The highest BCUT2D eigenvalue weighted by atomic mass is 35.5. The molecule has 1 N–H and O–H groups in total. The summed E-state index contributed by atoms with van der Waals surface area (Å²) in [7, 11) is 1.66. The Hall–Kier alpha value is -1.87. The van der Waals surface area contributed by atoms with Gasteiger partial charge in [-0.1, -0.05) is 23.7 Å². The molecule has 0 fully saturated rings. The van der Waals surface area contributed by atoms with Gasteiger partial charge in [0.2, 0.25) is 0 Å². The van der Waals surface area contributed by atoms with E-state index in [0.29, 0.717) is 11.6 Å². The van der Waals surface area contributed by atoms with Gasteiger partial charge in [0, 0.05) is 11.1 Å². The van der Waals surface area contributed by atoms with E-state index in [1.54, 1.807) is 7.11 Å². The molecule has 4 heteroatoms. The van der Waals surface area contributed by atoms with Crippen LogP contribution in [0.5, 0.6) is 11.5 Å². The highest BCUT2D eigenvalue weighted by Crippen LogP contribution is 2.35. The van der Waals surface area contributed by atoms with Crippen LogP contribution in [0.15, 0.2) is 42.5 Å². The van der Waals surface area contributed by atoms with Crippen molar-refractivity contribution in [3.05, 3.63) is 53.1 Å². The number of benzene rings is 2. The van der Waals surface area contributed by atoms with E-state index in [0.717, 1.165) is 17.2 Å². The van der Waals surface area contributed by atoms with E-state index in [1.165, 1.54) is 5.56 Å². The van der Waals surface area contributed by atoms with Crippen LogP contribution in [0, 0.1) is 0 Å². The van der Waals surface area contributed by atoms with E-state index in [2.05, 4.69) is 5.32 Å². The summed E-state index contributed by atoms with van der Waals surface area (Å²) < 4.78 is 10.9. The number of hydrogen-bond donors (Lipinski definition) is 1. The molecule has 19 heavy (non-hydrogen) atoms. The van der Waals surface area contributed by atoms with Gasteiger partial charge in [-0.2, -0.15) is 0 Å². The summed E-state index contributed by atoms with van der Waals surface area (Å²) in [6.07, 6.45) is 0. The molecule has 1 heterocycles. The zero-order valence-electron chi connectivity index (χ0n) is 10.5. The average molecular weight is 276 g/mol. The Morgan fingerprint density at radius 2 is 2.00 bits per heavy atom. The summed E-state index contributed by atoms with van der Waals surface area (Å²) in [6.45, 7) is 0.583. The molecular formula is C15H14ClNO2. The van der Waals surface area contributed by atoms with Crippen LogP contribution in [-0.2, 0) is 0 Å². The molecule has 2 aromatic carbocycles. The third-order valence-corrected chi connectivity index (χ3v) is 3.43. The molecule has 3 rings (SSSR count). The van der Waals surface area contributed by atoms with Crippen LogP contribution in [0.1, 0.15) is 11.6 Å². The molecule has 2 aromatic rings. The van der Waals surface area contributed by atoms with Gasteiger partial charge < -0.3 is 14.8 Å². The Balaban J connectivity index is 1.82. The molecule has 98 valence electrons. The van der Waals surface area contributed by atoms with E-state index in [-0.39, 0.29) is 6.04 Å². The van der Waals surface area contributed by atoms with Crippen LogP contribution in [-0.4, -0.2) is 13.7 Å². The standard InChI is InChI=1S/C15H14ClNO2/c1-18-12-5-2-10(3-6-12)14-9-19-15-8-11(16)4-7-13(15)17-14/h2-8,14,17H,9H2,1H3. The van der Waals surface area contributed by atoms with Gasteiger partial charge in [-0.05, 0) is 29.8 Å². The van der Waals surface area contributed by atoms with E-state index >= 15 is 0 Å². The Morgan fingerprint density at radius 1 is 1.21 bits per heavy atom. The first-order valence-electron chi connectivity index (χ1n) is 6.09. The Morgan fingerprint density at radius 3 is 2.74 bits per heavy atom. The third kappa shape index (κ3) is 2.47. The van der Waals surface area contributed by atoms with E-state index in [9.17, 15) is 0 Å². The van der Waals surface area contributed by atoms with E-state index < -0.39 is 0 Å². The van der Waals surface area contributed by atoms with Crippen molar-refractivity contribution in [1.29, 1.82) is 0 Å². The molecule has 1 aliphatic rings. The number of anilines is 1. The molecular weight excluding hydrogens is 262 g/mol. The van der Waals surface area contributed by atoms with E-state index in [4.69, 9.17) is 21.1 Å². The number of ether oxygens (including phenoxy) is 2. The van der Waals surface area contributed by atoms with Crippen LogP contribution in [0.3, 0.4) is 0 Å². The SMILES string of the molecule is COc1ccc(C2COc3cc(Cl)ccc3N2)cc1. The lowest BCUT2D eigenvalue weighted by Crippen LogP contribution is -2.23. The summed E-state index contributed by atoms with van der Waals surface area (Å²) in [5.74, 6) is 1.66. The zero-order valence-corrected chi connectivity index (χ0v) is 11.3. The molecule has 0 spiro atoms. The van der Waals surface area contributed by atoms with Crippen LogP contribution in [0.2, 0.25) is 5.02 Å². The van der Waals surface area contributed by atoms with Crippen molar-refractivity contribution in [2.24, 2.45) is 0 Å². The minimum absolute atomic E-state index is 0.139. The monoisotopic (exact) mass is 275 g/mol. The minimum atomic E-state index is 0.139. The molecule has 1 unspecified atom stereocenters. The van der Waals surface area contributed by atoms with Crippen LogP contribution in [0.4, 0.5) is 5.69 Å². The number of hydrogen-bond acceptors (Lipinski definition) is 3. The molecule has 0 aromatic heterocycles. The fraction of sp³-hybridized carbons (Fsp3) is 0.200. The number of nitrogens with one attached hydrogen (secondary N) is 1. The molecule has 0 bridgehead atoms. The van der Waals surface area contributed by atoms with Crippen LogP contribution < -0.4 is 14.8 Å². The number of fused-ring (bicyclic) bond motifs is 1. The fourth-order valence-corrected chi connectivity index (χ4v) is 2.32. The van der Waals surface area contributed by atoms with Crippen LogP contribution in [0.25, 0.3) is 0 Å². The van der Waals surface area contributed by atoms with E-state index in [1.807, 2.05) is 42.5 Å². The van der Waals surface area contributed by atoms with Crippen molar-refractivity contribution in [2.75, 3.05) is 19.0 Å². The van der Waals surface area contributed by atoms with Gasteiger partial charge in [0.25, 0.3) is 0 Å². The highest BCUT2D eigenvalue weighted by molar-refractivity contribution is 6.30. The lowest BCUT2D eigenvalue weighted by atomic mass is 10.1. The zero-order chi connectivity index (χ0) is 13.2. The summed E-state index contributed by atoms with van der Waals surface area (Å²) in [5.41, 5.74) is 2.14. The lowest BCUT2D eigenvalue weighted by Gasteiger charge is -2.28. The summed E-state index contributed by atoms with van der Waals surface area (Å²) in [5, 5.41) is 4.14. The van der Waals surface area contributed by atoms with Crippen molar-refractivity contribution in [3.8, 4) is 11.5 Å². The van der Waals surface area contributed by atoms with Gasteiger partial charge in [0.15, 0.2) is 0 Å². The molecule has 0 radical (unpaired) electrons. The predicted molar refractivity (Wildman–Crippen MR) is 76.3 cm³/mol. The van der Waals surface area contributed by atoms with Crippen molar-refractivity contribution < 1.29 is 9.47 Å². The second-order valence-corrected chi connectivity index (χ2v) is 4.86. The summed E-state index contributed by atoms with van der Waals surface area (Å²) in [6, 6.07) is 13.7. The molecule has 0 saturated heterocycles. The highest BCUT2D eigenvalue weighted by Gasteiger charge is 2.20. The lowest BCUT2D eigenvalue weighted by molar-refractivity contribution is 0.286. The van der Waals surface area contributed by atoms with Crippen molar-refractivity contribution >= 4 is 17.3 Å². The second kappa shape index (κ2) is 5.02.